The first-order valence-corrected chi connectivity index (χ1v) is 12.2. The van der Waals surface area contributed by atoms with Gasteiger partial charge in [0.25, 0.3) is 0 Å². The average Bonchev–Trinajstić information content (AvgIpc) is 2.83. The first kappa shape index (κ1) is 32.2. The first-order valence-electron chi connectivity index (χ1n) is 12.2. The second-order valence-electron chi connectivity index (χ2n) is 8.63. The van der Waals surface area contributed by atoms with E-state index in [1.807, 2.05) is 0 Å². The molecule has 0 N–H and O–H groups in total. The van der Waals surface area contributed by atoms with Gasteiger partial charge in [-0.2, -0.15) is 29.0 Å². The highest BCUT2D eigenvalue weighted by Gasteiger charge is 2.39. The molecule has 0 aliphatic heterocycles. The molecule has 0 aromatic heterocycles. The molecule has 0 radical (unpaired) electrons. The Bertz CT molecular complexity index is 886. The number of unbranched alkanes of at least 4 members (excludes halogenated alkanes) is 4. The number of nitrogens with zero attached hydrogens (tertiary/aromatic N) is 4. The Hall–Kier alpha value is -2.83. The Morgan fingerprint density at radius 2 is 1.03 bits per heavy atom. The largest absolute Gasteiger partial charge is 0.871 e. The van der Waals surface area contributed by atoms with Crippen molar-refractivity contribution in [2.75, 3.05) is 26.2 Å². The van der Waals surface area contributed by atoms with E-state index >= 15 is 0 Å². The minimum atomic E-state index is -5.31. The minimum Gasteiger partial charge on any atom is -0.871 e. The van der Waals surface area contributed by atoms with Crippen LogP contribution in [0.1, 0.15) is 101 Å². The number of nitriles is 3. The lowest BCUT2D eigenvalue weighted by Crippen LogP contribution is -2.50. The molecule has 0 aliphatic rings. The molecule has 35 heavy (non-hydrogen) atoms. The van der Waals surface area contributed by atoms with Crippen molar-refractivity contribution >= 4 is 0 Å². The predicted octanol–water partition coefficient (Wildman–Crippen LogP) is 6.54. The quantitative estimate of drug-likeness (QED) is 0.243. The summed E-state index contributed by atoms with van der Waals surface area (Å²) in [5.41, 5.74) is -6.07. The summed E-state index contributed by atoms with van der Waals surface area (Å²) >= 11 is 0. The molecule has 0 unspecified atom stereocenters. The van der Waals surface area contributed by atoms with Crippen molar-refractivity contribution in [2.24, 2.45) is 0 Å². The van der Waals surface area contributed by atoms with Gasteiger partial charge in [0.1, 0.15) is 23.3 Å². The molecule has 194 valence electrons. The molecule has 0 saturated carbocycles. The van der Waals surface area contributed by atoms with Crippen LogP contribution in [0.2, 0.25) is 0 Å². The summed E-state index contributed by atoms with van der Waals surface area (Å²) < 4.78 is 52.4. The van der Waals surface area contributed by atoms with E-state index in [-0.39, 0.29) is 0 Å². The normalized spacial score (nSPS) is 11.1. The van der Waals surface area contributed by atoms with E-state index in [0.29, 0.717) is 0 Å². The van der Waals surface area contributed by atoms with Crippen LogP contribution in [0.25, 0.3) is 0 Å². The SMILES string of the molecule is CCCC[N+](CCCC)(CCCC)CCCC.N#Cc1c([O-])c(C#N)c(C(F)(F)F)c(F)c1C#N. The zero-order valence-electron chi connectivity index (χ0n) is 21.2. The standard InChI is InChI=1S/C16H36N.C10HF4N3O/c1-5-9-13-17(14-10-6-2,15-11-7-3)16-12-8-4;11-8-4(1-15)5(2-16)9(18)6(3-17)7(8)10(12,13)14/h5-16H2,1-4H3;18H/q+1;/p-1. The Morgan fingerprint density at radius 3 is 1.29 bits per heavy atom. The van der Waals surface area contributed by atoms with E-state index in [4.69, 9.17) is 15.8 Å². The average molecular weight is 497 g/mol. The number of hydrogen-bond donors (Lipinski definition) is 0. The lowest BCUT2D eigenvalue weighted by molar-refractivity contribution is -0.929. The molecule has 0 atom stereocenters. The number of halogens is 4. The summed E-state index contributed by atoms with van der Waals surface area (Å²) in [7, 11) is 0. The fourth-order valence-electron chi connectivity index (χ4n) is 3.93. The second-order valence-corrected chi connectivity index (χ2v) is 8.63. The number of benzene rings is 1. The summed E-state index contributed by atoms with van der Waals surface area (Å²) in [6.45, 7) is 15.0. The Labute approximate surface area is 206 Å². The molecular weight excluding hydrogens is 460 g/mol. The fraction of sp³-hybridized carbons (Fsp3) is 0.654. The van der Waals surface area contributed by atoms with E-state index in [2.05, 4.69) is 27.7 Å². The van der Waals surface area contributed by atoms with E-state index < -0.39 is 40.0 Å². The van der Waals surface area contributed by atoms with E-state index in [1.54, 1.807) is 0 Å². The highest BCUT2D eigenvalue weighted by Crippen LogP contribution is 2.39. The molecule has 0 bridgehead atoms. The highest BCUT2D eigenvalue weighted by atomic mass is 19.4. The van der Waals surface area contributed by atoms with Crippen LogP contribution < -0.4 is 5.11 Å². The molecule has 0 fully saturated rings. The third-order valence-corrected chi connectivity index (χ3v) is 5.96. The molecule has 0 aliphatic carbocycles. The zero-order chi connectivity index (χ0) is 27.1. The summed E-state index contributed by atoms with van der Waals surface area (Å²) in [5, 5.41) is 36.8. The molecule has 1 aromatic rings. The van der Waals surface area contributed by atoms with Crippen LogP contribution in [0.15, 0.2) is 0 Å². The van der Waals surface area contributed by atoms with Gasteiger partial charge < -0.3 is 9.59 Å². The maximum absolute atomic E-state index is 13.5. The van der Waals surface area contributed by atoms with Crippen molar-refractivity contribution in [2.45, 2.75) is 85.2 Å². The number of alkyl halides is 3. The molecule has 0 amide bonds. The minimum absolute atomic E-state index is 0.904. The maximum atomic E-state index is 13.5. The molecule has 1 rings (SSSR count). The third kappa shape index (κ3) is 9.38. The van der Waals surface area contributed by atoms with Gasteiger partial charge in [0.2, 0.25) is 0 Å². The van der Waals surface area contributed by atoms with Crippen molar-refractivity contribution < 1.29 is 27.2 Å². The molecule has 1 aromatic carbocycles. The fourth-order valence-corrected chi connectivity index (χ4v) is 3.93. The smallest absolute Gasteiger partial charge is 0.420 e. The monoisotopic (exact) mass is 496 g/mol. The third-order valence-electron chi connectivity index (χ3n) is 5.96. The van der Waals surface area contributed by atoms with Crippen LogP contribution in [-0.2, 0) is 6.18 Å². The summed E-state index contributed by atoms with van der Waals surface area (Å²) in [6.07, 6.45) is 5.75. The molecular formula is C26H36F4N4O. The van der Waals surface area contributed by atoms with Crippen molar-refractivity contribution in [1.82, 2.24) is 0 Å². The highest BCUT2D eigenvalue weighted by molar-refractivity contribution is 5.64. The van der Waals surface area contributed by atoms with Gasteiger partial charge in [-0.15, -0.1) is 0 Å². The van der Waals surface area contributed by atoms with Crippen LogP contribution in [0.4, 0.5) is 17.6 Å². The number of rotatable bonds is 12. The molecule has 5 nitrogen and oxygen atoms in total. The summed E-state index contributed by atoms with van der Waals surface area (Å²) in [4.78, 5) is 0. The van der Waals surface area contributed by atoms with E-state index in [1.165, 1.54) is 82.0 Å². The van der Waals surface area contributed by atoms with Crippen molar-refractivity contribution in [3.63, 3.8) is 0 Å². The Balaban J connectivity index is 0.000000662. The van der Waals surface area contributed by atoms with Crippen LogP contribution in [-0.4, -0.2) is 30.7 Å². The zero-order valence-corrected chi connectivity index (χ0v) is 21.2. The van der Waals surface area contributed by atoms with Gasteiger partial charge in [-0.3, -0.25) is 0 Å². The predicted molar refractivity (Wildman–Crippen MR) is 124 cm³/mol. The van der Waals surface area contributed by atoms with Gasteiger partial charge >= 0.3 is 6.18 Å². The van der Waals surface area contributed by atoms with Crippen LogP contribution in [0.3, 0.4) is 0 Å². The Kier molecular flexibility index (Phi) is 14.7. The van der Waals surface area contributed by atoms with Crippen LogP contribution in [0.5, 0.6) is 5.75 Å². The number of hydrogen-bond acceptors (Lipinski definition) is 4. The molecule has 0 saturated heterocycles. The van der Waals surface area contributed by atoms with Gasteiger partial charge in [0, 0.05) is 0 Å². The summed E-state index contributed by atoms with van der Waals surface area (Å²) in [5.74, 6) is -3.69. The molecule has 0 spiro atoms. The maximum Gasteiger partial charge on any atom is 0.420 e. The lowest BCUT2D eigenvalue weighted by atomic mass is 9.97. The van der Waals surface area contributed by atoms with Crippen molar-refractivity contribution in [3.05, 3.63) is 28.1 Å². The second kappa shape index (κ2) is 16.0. The van der Waals surface area contributed by atoms with E-state index in [0.717, 1.165) is 18.2 Å². The number of quaternary nitrogens is 1. The van der Waals surface area contributed by atoms with Crippen LogP contribution >= 0.6 is 0 Å². The van der Waals surface area contributed by atoms with Gasteiger partial charge in [0.05, 0.1) is 43.4 Å². The molecule has 0 heterocycles. The van der Waals surface area contributed by atoms with Crippen LogP contribution in [0, 0.1) is 39.8 Å². The van der Waals surface area contributed by atoms with Gasteiger partial charge in [0.15, 0.2) is 5.82 Å². The lowest BCUT2D eigenvalue weighted by Gasteiger charge is -2.39. The van der Waals surface area contributed by atoms with Gasteiger partial charge in [-0.1, -0.05) is 59.1 Å². The Morgan fingerprint density at radius 1 is 0.686 bits per heavy atom. The van der Waals surface area contributed by atoms with E-state index in [9.17, 15) is 22.7 Å². The van der Waals surface area contributed by atoms with Gasteiger partial charge in [-0.05, 0) is 25.7 Å². The first-order chi connectivity index (χ1) is 16.5. The van der Waals surface area contributed by atoms with Gasteiger partial charge in [-0.25, -0.2) is 4.39 Å². The van der Waals surface area contributed by atoms with Crippen molar-refractivity contribution in [3.8, 4) is 24.0 Å². The van der Waals surface area contributed by atoms with Crippen molar-refractivity contribution in [1.29, 1.82) is 15.8 Å². The summed E-state index contributed by atoms with van der Waals surface area (Å²) in [6, 6.07) is 3.03. The topological polar surface area (TPSA) is 94.4 Å². The molecule has 9 heteroatoms.